The van der Waals surface area contributed by atoms with E-state index in [9.17, 15) is 0 Å². The SMILES string of the molecule is CCc1cccc(C2(N)CCC(C)(C)CC2)c1. The smallest absolute Gasteiger partial charge is 0.0410 e. The summed E-state index contributed by atoms with van der Waals surface area (Å²) in [6.45, 7) is 6.91. The zero-order chi connectivity index (χ0) is 12.5. The van der Waals surface area contributed by atoms with Crippen molar-refractivity contribution in [3.8, 4) is 0 Å². The number of hydrogen-bond acceptors (Lipinski definition) is 1. The maximum absolute atomic E-state index is 6.63. The molecule has 0 atom stereocenters. The normalized spacial score (nSPS) is 22.4. The molecule has 0 radical (unpaired) electrons. The molecule has 17 heavy (non-hydrogen) atoms. The van der Waals surface area contributed by atoms with E-state index in [2.05, 4.69) is 45.0 Å². The van der Waals surface area contributed by atoms with Crippen LogP contribution in [0.25, 0.3) is 0 Å². The van der Waals surface area contributed by atoms with Crippen molar-refractivity contribution in [2.24, 2.45) is 11.1 Å². The molecule has 0 spiro atoms. The molecular weight excluding hydrogens is 206 g/mol. The van der Waals surface area contributed by atoms with Crippen LogP contribution in [0.1, 0.15) is 57.6 Å². The van der Waals surface area contributed by atoms with Gasteiger partial charge < -0.3 is 5.73 Å². The third-order valence-electron chi connectivity index (χ3n) is 4.41. The first-order valence-corrected chi connectivity index (χ1v) is 6.83. The van der Waals surface area contributed by atoms with Gasteiger partial charge in [0, 0.05) is 5.54 Å². The number of nitrogens with two attached hydrogens (primary N) is 1. The van der Waals surface area contributed by atoms with E-state index in [0.717, 1.165) is 19.3 Å². The summed E-state index contributed by atoms with van der Waals surface area (Å²) in [7, 11) is 0. The van der Waals surface area contributed by atoms with Gasteiger partial charge in [-0.25, -0.2) is 0 Å². The molecule has 1 aromatic rings. The lowest BCUT2D eigenvalue weighted by Gasteiger charge is -2.41. The first kappa shape index (κ1) is 12.6. The van der Waals surface area contributed by atoms with Gasteiger partial charge in [-0.05, 0) is 48.6 Å². The Kier molecular flexibility index (Phi) is 3.31. The molecule has 2 rings (SSSR count). The molecule has 1 aliphatic carbocycles. The van der Waals surface area contributed by atoms with Crippen LogP contribution < -0.4 is 5.73 Å². The minimum atomic E-state index is -0.0826. The molecule has 1 aliphatic rings. The van der Waals surface area contributed by atoms with E-state index < -0.39 is 0 Å². The lowest BCUT2D eigenvalue weighted by Crippen LogP contribution is -2.42. The molecule has 1 fully saturated rings. The average Bonchev–Trinajstić information content (AvgIpc) is 2.33. The zero-order valence-electron chi connectivity index (χ0n) is 11.4. The van der Waals surface area contributed by atoms with Crippen molar-refractivity contribution in [1.29, 1.82) is 0 Å². The standard InChI is InChI=1S/C16H25N/c1-4-13-6-5-7-14(12-13)16(17)10-8-15(2,3)9-11-16/h5-7,12H,4,8-11,17H2,1-3H3. The summed E-state index contributed by atoms with van der Waals surface area (Å²) < 4.78 is 0. The van der Waals surface area contributed by atoms with Crippen molar-refractivity contribution in [2.75, 3.05) is 0 Å². The van der Waals surface area contributed by atoms with Crippen LogP contribution in [-0.4, -0.2) is 0 Å². The summed E-state index contributed by atoms with van der Waals surface area (Å²) in [5.41, 5.74) is 9.76. The number of rotatable bonds is 2. The third kappa shape index (κ3) is 2.71. The highest BCUT2D eigenvalue weighted by atomic mass is 14.8. The van der Waals surface area contributed by atoms with Gasteiger partial charge >= 0.3 is 0 Å². The molecular formula is C16H25N. The quantitative estimate of drug-likeness (QED) is 0.818. The van der Waals surface area contributed by atoms with Gasteiger partial charge in [0.15, 0.2) is 0 Å². The number of aryl methyl sites for hydroxylation is 1. The topological polar surface area (TPSA) is 26.0 Å². The maximum atomic E-state index is 6.63. The highest BCUT2D eigenvalue weighted by molar-refractivity contribution is 5.30. The van der Waals surface area contributed by atoms with Gasteiger partial charge in [0.2, 0.25) is 0 Å². The second-order valence-electron chi connectivity index (χ2n) is 6.37. The minimum absolute atomic E-state index is 0.0826. The van der Waals surface area contributed by atoms with E-state index >= 15 is 0 Å². The van der Waals surface area contributed by atoms with Gasteiger partial charge in [-0.15, -0.1) is 0 Å². The Balaban J connectivity index is 2.21. The van der Waals surface area contributed by atoms with Gasteiger partial charge in [-0.2, -0.15) is 0 Å². The summed E-state index contributed by atoms with van der Waals surface area (Å²) in [6, 6.07) is 8.86. The van der Waals surface area contributed by atoms with Crippen molar-refractivity contribution < 1.29 is 0 Å². The number of benzene rings is 1. The monoisotopic (exact) mass is 231 g/mol. The Morgan fingerprint density at radius 3 is 2.35 bits per heavy atom. The molecule has 1 saturated carbocycles. The van der Waals surface area contributed by atoms with Crippen molar-refractivity contribution >= 4 is 0 Å². The fourth-order valence-electron chi connectivity index (χ4n) is 2.76. The Morgan fingerprint density at radius 2 is 1.76 bits per heavy atom. The van der Waals surface area contributed by atoms with Crippen molar-refractivity contribution in [2.45, 2.75) is 58.4 Å². The molecule has 0 aromatic heterocycles. The minimum Gasteiger partial charge on any atom is -0.321 e. The average molecular weight is 231 g/mol. The molecule has 0 saturated heterocycles. The van der Waals surface area contributed by atoms with Crippen LogP contribution in [0.15, 0.2) is 24.3 Å². The predicted molar refractivity (Wildman–Crippen MR) is 73.9 cm³/mol. The van der Waals surface area contributed by atoms with Crippen molar-refractivity contribution in [1.82, 2.24) is 0 Å². The molecule has 0 heterocycles. The van der Waals surface area contributed by atoms with E-state index in [0.29, 0.717) is 5.41 Å². The van der Waals surface area contributed by atoms with Gasteiger partial charge in [0.05, 0.1) is 0 Å². The molecule has 1 aromatic carbocycles. The van der Waals surface area contributed by atoms with E-state index in [1.807, 2.05) is 0 Å². The Bertz CT molecular complexity index is 382. The lowest BCUT2D eigenvalue weighted by molar-refractivity contribution is 0.165. The molecule has 1 nitrogen and oxygen atoms in total. The molecule has 94 valence electrons. The fraction of sp³-hybridized carbons (Fsp3) is 0.625. The predicted octanol–water partition coefficient (Wildman–Crippen LogP) is 4.00. The molecule has 0 amide bonds. The lowest BCUT2D eigenvalue weighted by atomic mass is 9.67. The van der Waals surface area contributed by atoms with Crippen LogP contribution in [0.2, 0.25) is 0 Å². The first-order chi connectivity index (χ1) is 7.95. The Labute approximate surface area is 105 Å². The molecule has 0 unspecified atom stereocenters. The van der Waals surface area contributed by atoms with Crippen LogP contribution >= 0.6 is 0 Å². The first-order valence-electron chi connectivity index (χ1n) is 6.83. The summed E-state index contributed by atoms with van der Waals surface area (Å²) in [5.74, 6) is 0. The summed E-state index contributed by atoms with van der Waals surface area (Å²) >= 11 is 0. The van der Waals surface area contributed by atoms with Gasteiger partial charge in [0.1, 0.15) is 0 Å². The fourth-order valence-corrected chi connectivity index (χ4v) is 2.76. The summed E-state index contributed by atoms with van der Waals surface area (Å²) in [6.07, 6.45) is 5.80. The van der Waals surface area contributed by atoms with Crippen LogP contribution in [-0.2, 0) is 12.0 Å². The molecule has 1 heteroatoms. The van der Waals surface area contributed by atoms with Crippen LogP contribution in [0.5, 0.6) is 0 Å². The zero-order valence-corrected chi connectivity index (χ0v) is 11.4. The Morgan fingerprint density at radius 1 is 1.12 bits per heavy atom. The van der Waals surface area contributed by atoms with E-state index in [4.69, 9.17) is 5.73 Å². The van der Waals surface area contributed by atoms with E-state index in [1.54, 1.807) is 0 Å². The van der Waals surface area contributed by atoms with Crippen molar-refractivity contribution in [3.63, 3.8) is 0 Å². The summed E-state index contributed by atoms with van der Waals surface area (Å²) in [4.78, 5) is 0. The molecule has 0 bridgehead atoms. The van der Waals surface area contributed by atoms with Gasteiger partial charge in [-0.3, -0.25) is 0 Å². The van der Waals surface area contributed by atoms with Crippen molar-refractivity contribution in [3.05, 3.63) is 35.4 Å². The highest BCUT2D eigenvalue weighted by Gasteiger charge is 2.36. The van der Waals surface area contributed by atoms with E-state index in [1.165, 1.54) is 24.0 Å². The largest absolute Gasteiger partial charge is 0.321 e. The molecule has 0 aliphatic heterocycles. The van der Waals surface area contributed by atoms with Crippen LogP contribution in [0.3, 0.4) is 0 Å². The van der Waals surface area contributed by atoms with Crippen LogP contribution in [0, 0.1) is 5.41 Å². The number of hydrogen-bond donors (Lipinski definition) is 1. The molecule has 2 N–H and O–H groups in total. The Hall–Kier alpha value is -0.820. The maximum Gasteiger partial charge on any atom is 0.0410 e. The van der Waals surface area contributed by atoms with Crippen LogP contribution in [0.4, 0.5) is 0 Å². The third-order valence-corrected chi connectivity index (χ3v) is 4.41. The second-order valence-corrected chi connectivity index (χ2v) is 6.37. The van der Waals surface area contributed by atoms with E-state index in [-0.39, 0.29) is 5.54 Å². The second kappa shape index (κ2) is 4.45. The van der Waals surface area contributed by atoms with Gasteiger partial charge in [-0.1, -0.05) is 45.0 Å². The summed E-state index contributed by atoms with van der Waals surface area (Å²) in [5, 5.41) is 0. The highest BCUT2D eigenvalue weighted by Crippen LogP contribution is 2.43. The van der Waals surface area contributed by atoms with Gasteiger partial charge in [0.25, 0.3) is 0 Å².